The van der Waals surface area contributed by atoms with Gasteiger partial charge < -0.3 is 19.3 Å². The summed E-state index contributed by atoms with van der Waals surface area (Å²) in [7, 11) is 1.35. The average molecular weight is 632 g/mol. The quantitative estimate of drug-likeness (QED) is 0.169. The second-order valence-corrected chi connectivity index (χ2v) is 11.5. The summed E-state index contributed by atoms with van der Waals surface area (Å²) in [6.45, 7) is 1.05. The predicted octanol–water partition coefficient (Wildman–Crippen LogP) is 7.56. The van der Waals surface area contributed by atoms with Crippen LogP contribution in [0.3, 0.4) is 0 Å². The summed E-state index contributed by atoms with van der Waals surface area (Å²) in [6, 6.07) is 31.2. The lowest BCUT2D eigenvalue weighted by molar-refractivity contribution is -0.142. The smallest absolute Gasteiger partial charge is 0.339 e. The van der Waals surface area contributed by atoms with Crippen molar-refractivity contribution >= 4 is 41.2 Å². The molecule has 0 spiro atoms. The Morgan fingerprint density at radius 3 is 1.95 bits per heavy atom. The van der Waals surface area contributed by atoms with Crippen LogP contribution >= 0.6 is 23.2 Å². The van der Waals surface area contributed by atoms with Crippen LogP contribution in [0.2, 0.25) is 10.0 Å². The van der Waals surface area contributed by atoms with Crippen molar-refractivity contribution < 1.29 is 23.9 Å². The zero-order chi connectivity index (χ0) is 31.1. The van der Waals surface area contributed by atoms with E-state index in [4.69, 9.17) is 32.7 Å². The molecule has 0 aliphatic carbocycles. The van der Waals surface area contributed by atoms with E-state index in [2.05, 4.69) is 0 Å². The van der Waals surface area contributed by atoms with Crippen LogP contribution in [-0.2, 0) is 27.4 Å². The molecule has 1 unspecified atom stereocenters. The van der Waals surface area contributed by atoms with Gasteiger partial charge in [-0.05, 0) is 40.5 Å². The number of hydrogen-bond acceptors (Lipinski definition) is 5. The maximum absolute atomic E-state index is 13.8. The van der Waals surface area contributed by atoms with Crippen LogP contribution in [0.5, 0.6) is 0 Å². The van der Waals surface area contributed by atoms with Crippen molar-refractivity contribution in [2.75, 3.05) is 20.2 Å². The number of nitrogens with zero attached hydrogens (tertiary/aromatic N) is 2. The van der Waals surface area contributed by atoms with E-state index in [1.54, 1.807) is 40.1 Å². The molecule has 9 heteroatoms. The van der Waals surface area contributed by atoms with Crippen molar-refractivity contribution in [1.29, 1.82) is 0 Å². The topological polar surface area (TPSA) is 76.2 Å². The van der Waals surface area contributed by atoms with Crippen molar-refractivity contribution in [3.63, 3.8) is 0 Å². The first-order valence-corrected chi connectivity index (χ1v) is 15.0. The number of esters is 2. The Morgan fingerprint density at radius 1 is 0.795 bits per heavy atom. The van der Waals surface area contributed by atoms with E-state index in [0.717, 1.165) is 16.7 Å². The van der Waals surface area contributed by atoms with E-state index in [0.29, 0.717) is 34.3 Å². The standard InChI is InChI=1S/C35H32Cl2N2O5/c1-43-32(40)18-24-20-38(35(42)39(21-24)23-28-16-17-29(36)19-31(28)37)22-27-14-8-9-15-30(27)34(41)44-33(25-10-4-2-5-11-25)26-12-6-3-7-13-26/h2-17,19,24,33H,18,20-23H2,1H3. The van der Waals surface area contributed by atoms with Gasteiger partial charge in [0.1, 0.15) is 0 Å². The van der Waals surface area contributed by atoms with Gasteiger partial charge in [-0.25, -0.2) is 9.59 Å². The summed E-state index contributed by atoms with van der Waals surface area (Å²) in [6.07, 6.45) is -0.469. The third-order valence-corrected chi connectivity index (χ3v) is 8.17. The fraction of sp³-hybridized carbons (Fsp3) is 0.229. The van der Waals surface area contributed by atoms with E-state index in [-0.39, 0.29) is 37.4 Å². The fourth-order valence-electron chi connectivity index (χ4n) is 5.42. The second-order valence-electron chi connectivity index (χ2n) is 10.7. The summed E-state index contributed by atoms with van der Waals surface area (Å²) in [5.74, 6) is -1.05. The van der Waals surface area contributed by atoms with Gasteiger partial charge in [-0.15, -0.1) is 0 Å². The van der Waals surface area contributed by atoms with Crippen LogP contribution in [0.1, 0.15) is 45.1 Å². The molecule has 4 aromatic carbocycles. The van der Waals surface area contributed by atoms with E-state index < -0.39 is 12.1 Å². The molecule has 2 amide bonds. The molecular formula is C35H32Cl2N2O5. The lowest BCUT2D eigenvalue weighted by Crippen LogP contribution is -2.53. The first-order chi connectivity index (χ1) is 21.3. The van der Waals surface area contributed by atoms with Gasteiger partial charge in [0.05, 0.1) is 19.1 Å². The SMILES string of the molecule is COC(=O)CC1CN(Cc2ccc(Cl)cc2Cl)C(=O)N(Cc2ccccc2C(=O)OC(c2ccccc2)c2ccccc2)C1. The Labute approximate surface area is 266 Å². The van der Waals surface area contributed by atoms with Crippen molar-refractivity contribution in [3.8, 4) is 0 Å². The molecular weight excluding hydrogens is 599 g/mol. The zero-order valence-corrected chi connectivity index (χ0v) is 25.7. The number of hydrogen-bond donors (Lipinski definition) is 0. The van der Waals surface area contributed by atoms with E-state index in [1.165, 1.54) is 7.11 Å². The van der Waals surface area contributed by atoms with Gasteiger partial charge in [0.2, 0.25) is 0 Å². The van der Waals surface area contributed by atoms with Gasteiger partial charge in [-0.1, -0.05) is 108 Å². The monoisotopic (exact) mass is 630 g/mol. The van der Waals surface area contributed by atoms with Gasteiger partial charge >= 0.3 is 18.0 Å². The third-order valence-electron chi connectivity index (χ3n) is 7.59. The van der Waals surface area contributed by atoms with Crippen LogP contribution < -0.4 is 0 Å². The van der Waals surface area contributed by atoms with Gasteiger partial charge in [-0.3, -0.25) is 4.79 Å². The Hall–Kier alpha value is -4.33. The number of urea groups is 1. The number of halogens is 2. The molecule has 1 aliphatic heterocycles. The zero-order valence-electron chi connectivity index (χ0n) is 24.2. The molecule has 0 aromatic heterocycles. The van der Waals surface area contributed by atoms with Crippen LogP contribution in [-0.4, -0.2) is 48.0 Å². The number of carbonyl (C=O) groups is 3. The molecule has 0 N–H and O–H groups in total. The maximum Gasteiger partial charge on any atom is 0.339 e. The van der Waals surface area contributed by atoms with Crippen LogP contribution in [0.4, 0.5) is 4.79 Å². The van der Waals surface area contributed by atoms with Crippen LogP contribution in [0, 0.1) is 5.92 Å². The highest BCUT2D eigenvalue weighted by atomic mass is 35.5. The normalized spacial score (nSPS) is 14.9. The summed E-state index contributed by atoms with van der Waals surface area (Å²) in [5.41, 5.74) is 3.42. The van der Waals surface area contributed by atoms with Crippen molar-refractivity contribution in [3.05, 3.63) is 141 Å². The molecule has 1 heterocycles. The molecule has 7 nitrogen and oxygen atoms in total. The number of methoxy groups -OCH3 is 1. The number of rotatable bonds is 10. The Kier molecular flexibility index (Phi) is 10.2. The van der Waals surface area contributed by atoms with E-state index in [1.807, 2.05) is 72.8 Å². The average Bonchev–Trinajstić information content (AvgIpc) is 3.04. The van der Waals surface area contributed by atoms with Crippen LogP contribution in [0.15, 0.2) is 103 Å². The van der Waals surface area contributed by atoms with Crippen molar-refractivity contribution in [1.82, 2.24) is 9.80 Å². The molecule has 1 aliphatic rings. The second kappa shape index (κ2) is 14.4. The molecule has 226 valence electrons. The van der Waals surface area contributed by atoms with Crippen molar-refractivity contribution in [2.45, 2.75) is 25.6 Å². The Morgan fingerprint density at radius 2 is 1.36 bits per heavy atom. The predicted molar refractivity (Wildman–Crippen MR) is 169 cm³/mol. The van der Waals surface area contributed by atoms with E-state index >= 15 is 0 Å². The fourth-order valence-corrected chi connectivity index (χ4v) is 5.89. The van der Waals surface area contributed by atoms with Gasteiger partial charge in [0, 0.05) is 42.1 Å². The Balaban J connectivity index is 1.40. The van der Waals surface area contributed by atoms with Gasteiger partial charge in [-0.2, -0.15) is 0 Å². The van der Waals surface area contributed by atoms with Gasteiger partial charge in [0.15, 0.2) is 6.10 Å². The lowest BCUT2D eigenvalue weighted by atomic mass is 9.99. The number of ether oxygens (including phenoxy) is 2. The van der Waals surface area contributed by atoms with E-state index in [9.17, 15) is 14.4 Å². The Bertz CT molecular complexity index is 1580. The minimum absolute atomic E-state index is 0.144. The number of amides is 2. The van der Waals surface area contributed by atoms with Gasteiger partial charge in [0.25, 0.3) is 0 Å². The highest BCUT2D eigenvalue weighted by Crippen LogP contribution is 2.30. The molecule has 44 heavy (non-hydrogen) atoms. The largest absolute Gasteiger partial charge is 0.469 e. The molecule has 5 rings (SSSR count). The highest BCUT2D eigenvalue weighted by molar-refractivity contribution is 6.35. The molecule has 1 fully saturated rings. The first kappa shape index (κ1) is 31.1. The number of carbonyl (C=O) groups excluding carboxylic acids is 3. The third kappa shape index (κ3) is 7.59. The lowest BCUT2D eigenvalue weighted by Gasteiger charge is -2.40. The van der Waals surface area contributed by atoms with Crippen LogP contribution in [0.25, 0.3) is 0 Å². The molecule has 1 atom stereocenters. The summed E-state index contributed by atoms with van der Waals surface area (Å²) in [4.78, 5) is 43.1. The summed E-state index contributed by atoms with van der Waals surface area (Å²) >= 11 is 12.5. The molecule has 0 saturated carbocycles. The number of benzene rings is 4. The summed E-state index contributed by atoms with van der Waals surface area (Å²) in [5, 5.41) is 0.950. The molecule has 4 aromatic rings. The minimum atomic E-state index is -0.612. The maximum atomic E-state index is 13.8. The summed E-state index contributed by atoms with van der Waals surface area (Å²) < 4.78 is 11.1. The molecule has 0 radical (unpaired) electrons. The first-order valence-electron chi connectivity index (χ1n) is 14.3. The highest BCUT2D eigenvalue weighted by Gasteiger charge is 2.34. The molecule has 1 saturated heterocycles. The van der Waals surface area contributed by atoms with Crippen molar-refractivity contribution in [2.24, 2.45) is 5.92 Å². The molecule has 0 bridgehead atoms. The minimum Gasteiger partial charge on any atom is -0.469 e.